The number of nitrogens with zero attached hydrogens (tertiary/aromatic N) is 2. The van der Waals surface area contributed by atoms with Crippen molar-refractivity contribution in [2.45, 2.75) is 6.04 Å². The molecular formula is C20H16BrN3O2. The molecule has 0 fully saturated rings. The van der Waals surface area contributed by atoms with Gasteiger partial charge < -0.3 is 14.8 Å². The van der Waals surface area contributed by atoms with Crippen molar-refractivity contribution in [2.75, 3.05) is 11.9 Å². The molecule has 6 heteroatoms. The van der Waals surface area contributed by atoms with Gasteiger partial charge in [0.2, 0.25) is 5.71 Å². The third kappa shape index (κ3) is 3.09. The molecule has 0 amide bonds. The maximum atomic E-state index is 9.82. The maximum Gasteiger partial charge on any atom is 0.233 e. The fraction of sp³-hybridized carbons (Fsp3) is 0.100. The highest BCUT2D eigenvalue weighted by Crippen LogP contribution is 2.40. The molecule has 0 saturated carbocycles. The van der Waals surface area contributed by atoms with Crippen LogP contribution in [-0.4, -0.2) is 21.7 Å². The van der Waals surface area contributed by atoms with Crippen LogP contribution in [0.3, 0.4) is 0 Å². The first-order valence-electron chi connectivity index (χ1n) is 8.18. The van der Waals surface area contributed by atoms with Gasteiger partial charge in [-0.15, -0.1) is 0 Å². The first kappa shape index (κ1) is 16.8. The van der Waals surface area contributed by atoms with Crippen LogP contribution in [0.25, 0.3) is 22.4 Å². The Balaban J connectivity index is 1.77. The minimum absolute atomic E-state index is 0.0590. The zero-order chi connectivity index (χ0) is 17.9. The number of aromatic nitrogens is 2. The predicted molar refractivity (Wildman–Crippen MR) is 105 cm³/mol. The lowest BCUT2D eigenvalue weighted by Crippen LogP contribution is -2.15. The van der Waals surface area contributed by atoms with Crippen LogP contribution in [0.1, 0.15) is 11.6 Å². The number of rotatable bonds is 5. The molecule has 26 heavy (non-hydrogen) atoms. The van der Waals surface area contributed by atoms with Crippen LogP contribution in [0.15, 0.2) is 75.9 Å². The Morgan fingerprint density at radius 1 is 1.00 bits per heavy atom. The molecule has 5 nitrogen and oxygen atoms in total. The van der Waals surface area contributed by atoms with E-state index in [9.17, 15) is 5.11 Å². The molecule has 2 N–H and O–H groups in total. The second-order valence-corrected chi connectivity index (χ2v) is 6.60. The summed E-state index contributed by atoms with van der Waals surface area (Å²) >= 11 is 3.63. The summed E-state index contributed by atoms with van der Waals surface area (Å²) in [5.41, 5.74) is 2.41. The molecule has 0 aliphatic heterocycles. The summed E-state index contributed by atoms with van der Waals surface area (Å²) in [6, 6.07) is 19.3. The molecule has 4 aromatic rings. The molecule has 0 unspecified atom stereocenters. The molecule has 4 rings (SSSR count). The SMILES string of the molecule is OC[C@@H](Nc1ncnc2oc(-c3ccccc3)c(Br)c12)c1ccccc1. The van der Waals surface area contributed by atoms with Crippen molar-refractivity contribution in [1.29, 1.82) is 0 Å². The van der Waals surface area contributed by atoms with Gasteiger partial charge in [-0.3, -0.25) is 0 Å². The van der Waals surface area contributed by atoms with Crippen molar-refractivity contribution >= 4 is 32.8 Å². The number of anilines is 1. The highest BCUT2D eigenvalue weighted by molar-refractivity contribution is 9.10. The summed E-state index contributed by atoms with van der Waals surface area (Å²) < 4.78 is 6.73. The lowest BCUT2D eigenvalue weighted by molar-refractivity contribution is 0.276. The van der Waals surface area contributed by atoms with Gasteiger partial charge in [-0.25, -0.2) is 9.97 Å². The first-order valence-corrected chi connectivity index (χ1v) is 8.98. The van der Waals surface area contributed by atoms with E-state index in [4.69, 9.17) is 4.42 Å². The van der Waals surface area contributed by atoms with Gasteiger partial charge in [0.25, 0.3) is 0 Å². The molecule has 2 aromatic heterocycles. The average Bonchev–Trinajstić information content (AvgIpc) is 3.05. The van der Waals surface area contributed by atoms with E-state index >= 15 is 0 Å². The van der Waals surface area contributed by atoms with Gasteiger partial charge in [0.15, 0.2) is 5.76 Å². The van der Waals surface area contributed by atoms with Gasteiger partial charge in [-0.1, -0.05) is 60.7 Å². The minimum atomic E-state index is -0.281. The zero-order valence-electron chi connectivity index (χ0n) is 13.8. The maximum absolute atomic E-state index is 9.82. The molecule has 0 saturated heterocycles. The van der Waals surface area contributed by atoms with Gasteiger partial charge >= 0.3 is 0 Å². The Hall–Kier alpha value is -2.70. The third-order valence-corrected chi connectivity index (χ3v) is 4.92. The zero-order valence-corrected chi connectivity index (χ0v) is 15.3. The van der Waals surface area contributed by atoms with Crippen LogP contribution in [0.4, 0.5) is 5.82 Å². The van der Waals surface area contributed by atoms with E-state index in [1.165, 1.54) is 6.33 Å². The lowest BCUT2D eigenvalue weighted by atomic mass is 10.1. The molecule has 0 radical (unpaired) electrons. The van der Waals surface area contributed by atoms with Gasteiger partial charge in [-0.05, 0) is 21.5 Å². The van der Waals surface area contributed by atoms with Crippen molar-refractivity contribution in [3.63, 3.8) is 0 Å². The summed E-state index contributed by atoms with van der Waals surface area (Å²) in [5.74, 6) is 1.31. The summed E-state index contributed by atoms with van der Waals surface area (Å²) in [4.78, 5) is 8.61. The van der Waals surface area contributed by atoms with E-state index < -0.39 is 0 Å². The molecule has 2 heterocycles. The number of hydrogen-bond donors (Lipinski definition) is 2. The van der Waals surface area contributed by atoms with Crippen LogP contribution < -0.4 is 5.32 Å². The fourth-order valence-electron chi connectivity index (χ4n) is 2.87. The predicted octanol–water partition coefficient (Wildman–Crippen LogP) is 4.80. The summed E-state index contributed by atoms with van der Waals surface area (Å²) in [6.45, 7) is -0.0590. The van der Waals surface area contributed by atoms with Crippen LogP contribution in [0.5, 0.6) is 0 Å². The molecule has 0 spiro atoms. The summed E-state index contributed by atoms with van der Waals surface area (Å²) in [6.07, 6.45) is 1.45. The Kier molecular flexibility index (Phi) is 4.69. The van der Waals surface area contributed by atoms with Crippen LogP contribution in [-0.2, 0) is 0 Å². The van der Waals surface area contributed by atoms with E-state index in [1.54, 1.807) is 0 Å². The lowest BCUT2D eigenvalue weighted by Gasteiger charge is -2.17. The number of nitrogens with one attached hydrogen (secondary N) is 1. The largest absolute Gasteiger partial charge is 0.436 e. The van der Waals surface area contributed by atoms with Gasteiger partial charge in [0.05, 0.1) is 22.5 Å². The van der Waals surface area contributed by atoms with Crippen molar-refractivity contribution in [2.24, 2.45) is 0 Å². The highest BCUT2D eigenvalue weighted by atomic mass is 79.9. The third-order valence-electron chi connectivity index (χ3n) is 4.16. The number of fused-ring (bicyclic) bond motifs is 1. The smallest absolute Gasteiger partial charge is 0.233 e. The topological polar surface area (TPSA) is 71.2 Å². The van der Waals surface area contributed by atoms with Gasteiger partial charge in [0, 0.05) is 5.56 Å². The van der Waals surface area contributed by atoms with Crippen molar-refractivity contribution in [3.8, 4) is 11.3 Å². The second-order valence-electron chi connectivity index (χ2n) is 5.80. The Labute approximate surface area is 158 Å². The molecule has 2 aromatic carbocycles. The molecule has 0 aliphatic rings. The highest BCUT2D eigenvalue weighted by Gasteiger charge is 2.20. The minimum Gasteiger partial charge on any atom is -0.436 e. The summed E-state index contributed by atoms with van der Waals surface area (Å²) in [7, 11) is 0. The van der Waals surface area contributed by atoms with Crippen molar-refractivity contribution in [1.82, 2.24) is 9.97 Å². The number of aliphatic hydroxyl groups is 1. The fourth-order valence-corrected chi connectivity index (χ4v) is 3.54. The Morgan fingerprint density at radius 3 is 2.38 bits per heavy atom. The molecule has 130 valence electrons. The number of benzene rings is 2. The number of hydrogen-bond acceptors (Lipinski definition) is 5. The summed E-state index contributed by atoms with van der Waals surface area (Å²) in [5, 5.41) is 13.9. The van der Waals surface area contributed by atoms with E-state index in [0.29, 0.717) is 17.3 Å². The van der Waals surface area contributed by atoms with Crippen LogP contribution >= 0.6 is 15.9 Å². The quantitative estimate of drug-likeness (QED) is 0.495. The average molecular weight is 410 g/mol. The molecule has 1 atom stereocenters. The van der Waals surface area contributed by atoms with E-state index in [-0.39, 0.29) is 12.6 Å². The van der Waals surface area contributed by atoms with Gasteiger partial charge in [-0.2, -0.15) is 0 Å². The van der Waals surface area contributed by atoms with Crippen molar-refractivity contribution in [3.05, 3.63) is 77.0 Å². The van der Waals surface area contributed by atoms with Crippen LogP contribution in [0, 0.1) is 0 Å². The van der Waals surface area contributed by atoms with Gasteiger partial charge in [0.1, 0.15) is 12.1 Å². The Bertz CT molecular complexity index is 1020. The standard InChI is InChI=1S/C20H16BrN3O2/c21-17-16-19(24-15(11-25)13-7-3-1-4-8-13)22-12-23-20(16)26-18(17)14-9-5-2-6-10-14/h1-10,12,15,25H,11H2,(H,22,23,24)/t15-/m1/s1. The normalized spacial score (nSPS) is 12.2. The number of aliphatic hydroxyl groups excluding tert-OH is 1. The van der Waals surface area contributed by atoms with E-state index in [2.05, 4.69) is 31.2 Å². The van der Waals surface area contributed by atoms with Crippen LogP contribution in [0.2, 0.25) is 0 Å². The monoisotopic (exact) mass is 409 g/mol. The van der Waals surface area contributed by atoms with Crippen molar-refractivity contribution < 1.29 is 9.52 Å². The Morgan fingerprint density at radius 2 is 1.69 bits per heavy atom. The first-order chi connectivity index (χ1) is 12.8. The molecular weight excluding hydrogens is 394 g/mol. The van der Waals surface area contributed by atoms with E-state index in [1.807, 2.05) is 60.7 Å². The second kappa shape index (κ2) is 7.27. The number of halogens is 1. The van der Waals surface area contributed by atoms with E-state index in [0.717, 1.165) is 21.0 Å². The molecule has 0 bridgehead atoms. The number of furan rings is 1. The molecule has 0 aliphatic carbocycles.